The van der Waals surface area contributed by atoms with Crippen molar-refractivity contribution in [3.05, 3.63) is 45.7 Å². The first-order chi connectivity index (χ1) is 11.9. The van der Waals surface area contributed by atoms with Gasteiger partial charge in [0.05, 0.1) is 3.79 Å². The Morgan fingerprint density at radius 2 is 1.80 bits per heavy atom. The summed E-state index contributed by atoms with van der Waals surface area (Å²) in [6.45, 7) is 8.07. The van der Waals surface area contributed by atoms with Crippen molar-refractivity contribution in [2.45, 2.75) is 24.6 Å². The first kappa shape index (κ1) is 20.4. The van der Waals surface area contributed by atoms with Gasteiger partial charge in [0.25, 0.3) is 0 Å². The Labute approximate surface area is 162 Å². The van der Waals surface area contributed by atoms with Crippen LogP contribution in [0.15, 0.2) is 44.4 Å². The second-order valence-corrected chi connectivity index (χ2v) is 9.86. The van der Waals surface area contributed by atoms with E-state index in [0.717, 1.165) is 34.7 Å². The van der Waals surface area contributed by atoms with E-state index in [9.17, 15) is 8.42 Å². The normalized spacial score (nSPS) is 11.8. The standard InChI is InChI=1S/C17H23BrN2O3S2/c1-3-20(4-2)11-12-23-15-7-5-14(6-8-15)13-19-25(21,22)17-10-9-16(18)24-17/h5-10,19H,3-4,11-13H2,1-2H3. The van der Waals surface area contributed by atoms with Gasteiger partial charge in [-0.05, 0) is 58.8 Å². The smallest absolute Gasteiger partial charge is 0.250 e. The number of halogens is 1. The first-order valence-electron chi connectivity index (χ1n) is 8.13. The topological polar surface area (TPSA) is 58.6 Å². The Morgan fingerprint density at radius 1 is 1.12 bits per heavy atom. The molecule has 2 aromatic rings. The second kappa shape index (κ2) is 9.68. The van der Waals surface area contributed by atoms with E-state index in [-0.39, 0.29) is 6.54 Å². The number of nitrogens with zero attached hydrogens (tertiary/aromatic N) is 1. The van der Waals surface area contributed by atoms with Crippen LogP contribution in [0, 0.1) is 0 Å². The molecule has 25 heavy (non-hydrogen) atoms. The maximum absolute atomic E-state index is 12.2. The molecule has 8 heteroatoms. The van der Waals surface area contributed by atoms with E-state index in [1.165, 1.54) is 11.3 Å². The van der Waals surface area contributed by atoms with Gasteiger partial charge in [-0.15, -0.1) is 11.3 Å². The zero-order chi connectivity index (χ0) is 18.3. The molecule has 2 rings (SSSR count). The number of likely N-dealkylation sites (N-methyl/N-ethyl adjacent to an activating group) is 1. The largest absolute Gasteiger partial charge is 0.492 e. The lowest BCUT2D eigenvalue weighted by Crippen LogP contribution is -2.27. The van der Waals surface area contributed by atoms with Gasteiger partial charge in [-0.1, -0.05) is 26.0 Å². The zero-order valence-electron chi connectivity index (χ0n) is 14.4. The van der Waals surface area contributed by atoms with Crippen molar-refractivity contribution in [2.75, 3.05) is 26.2 Å². The molecule has 1 heterocycles. The average molecular weight is 447 g/mol. The van der Waals surface area contributed by atoms with Gasteiger partial charge in [-0.3, -0.25) is 0 Å². The van der Waals surface area contributed by atoms with Crippen LogP contribution in [-0.4, -0.2) is 39.6 Å². The predicted octanol–water partition coefficient (Wildman–Crippen LogP) is 3.71. The molecule has 0 unspecified atom stereocenters. The minimum absolute atomic E-state index is 0.248. The number of rotatable bonds is 10. The summed E-state index contributed by atoms with van der Waals surface area (Å²) in [6.07, 6.45) is 0. The Morgan fingerprint density at radius 3 is 2.36 bits per heavy atom. The van der Waals surface area contributed by atoms with Crippen molar-refractivity contribution in [3.8, 4) is 5.75 Å². The summed E-state index contributed by atoms with van der Waals surface area (Å²) in [5.74, 6) is 0.793. The van der Waals surface area contributed by atoms with Crippen LogP contribution in [-0.2, 0) is 16.6 Å². The third-order valence-electron chi connectivity index (χ3n) is 3.77. The van der Waals surface area contributed by atoms with Gasteiger partial charge in [0.15, 0.2) is 0 Å². The third kappa shape index (κ3) is 6.38. The number of benzene rings is 1. The number of ether oxygens (including phenoxy) is 1. The quantitative estimate of drug-likeness (QED) is 0.604. The zero-order valence-corrected chi connectivity index (χ0v) is 17.6. The highest BCUT2D eigenvalue weighted by Crippen LogP contribution is 2.26. The lowest BCUT2D eigenvalue weighted by Gasteiger charge is -2.18. The Balaban J connectivity index is 1.84. The number of nitrogens with one attached hydrogen (secondary N) is 1. The van der Waals surface area contributed by atoms with Gasteiger partial charge in [-0.25, -0.2) is 13.1 Å². The molecule has 0 radical (unpaired) electrons. The van der Waals surface area contributed by atoms with E-state index in [1.54, 1.807) is 12.1 Å². The highest BCUT2D eigenvalue weighted by Gasteiger charge is 2.15. The summed E-state index contributed by atoms with van der Waals surface area (Å²) in [7, 11) is -3.48. The van der Waals surface area contributed by atoms with Crippen LogP contribution in [0.4, 0.5) is 0 Å². The molecular weight excluding hydrogens is 424 g/mol. The SMILES string of the molecule is CCN(CC)CCOc1ccc(CNS(=O)(=O)c2ccc(Br)s2)cc1. The summed E-state index contributed by atoms with van der Waals surface area (Å²) < 4.78 is 33.8. The molecule has 1 aromatic carbocycles. The summed E-state index contributed by atoms with van der Waals surface area (Å²) in [6, 6.07) is 10.8. The molecular formula is C17H23BrN2O3S2. The average Bonchev–Trinajstić information content (AvgIpc) is 3.05. The number of hydrogen-bond donors (Lipinski definition) is 1. The van der Waals surface area contributed by atoms with E-state index >= 15 is 0 Å². The first-order valence-corrected chi connectivity index (χ1v) is 11.2. The highest BCUT2D eigenvalue weighted by molar-refractivity contribution is 9.11. The second-order valence-electron chi connectivity index (χ2n) is 5.40. The van der Waals surface area contributed by atoms with Crippen molar-refractivity contribution < 1.29 is 13.2 Å². The lowest BCUT2D eigenvalue weighted by atomic mass is 10.2. The molecule has 0 fully saturated rings. The molecule has 1 N–H and O–H groups in total. The van der Waals surface area contributed by atoms with Crippen molar-refractivity contribution in [1.82, 2.24) is 9.62 Å². The van der Waals surface area contributed by atoms with E-state index in [0.29, 0.717) is 10.8 Å². The molecule has 0 aliphatic heterocycles. The molecule has 0 aliphatic rings. The van der Waals surface area contributed by atoms with E-state index < -0.39 is 10.0 Å². The summed E-state index contributed by atoms with van der Waals surface area (Å²) in [5, 5.41) is 0. The predicted molar refractivity (Wildman–Crippen MR) is 106 cm³/mol. The van der Waals surface area contributed by atoms with Crippen molar-refractivity contribution in [1.29, 1.82) is 0 Å². The highest BCUT2D eigenvalue weighted by atomic mass is 79.9. The third-order valence-corrected chi connectivity index (χ3v) is 7.29. The molecule has 1 aromatic heterocycles. The fourth-order valence-electron chi connectivity index (χ4n) is 2.23. The number of sulfonamides is 1. The minimum Gasteiger partial charge on any atom is -0.492 e. The van der Waals surface area contributed by atoms with Crippen LogP contribution in [0.5, 0.6) is 5.75 Å². The van der Waals surface area contributed by atoms with Crippen LogP contribution >= 0.6 is 27.3 Å². The molecule has 0 aliphatic carbocycles. The Bertz CT molecular complexity index is 756. The molecule has 5 nitrogen and oxygen atoms in total. The Kier molecular flexibility index (Phi) is 7.89. The molecule has 0 bridgehead atoms. The van der Waals surface area contributed by atoms with Crippen LogP contribution in [0.3, 0.4) is 0 Å². The van der Waals surface area contributed by atoms with Gasteiger partial charge >= 0.3 is 0 Å². The summed E-state index contributed by atoms with van der Waals surface area (Å²) >= 11 is 4.47. The van der Waals surface area contributed by atoms with Crippen molar-refractivity contribution >= 4 is 37.3 Å². The molecule has 0 atom stereocenters. The van der Waals surface area contributed by atoms with Crippen LogP contribution < -0.4 is 9.46 Å². The number of hydrogen-bond acceptors (Lipinski definition) is 5. The molecule has 0 saturated heterocycles. The van der Waals surface area contributed by atoms with Gasteiger partial charge in [0, 0.05) is 13.1 Å². The van der Waals surface area contributed by atoms with Gasteiger partial charge in [-0.2, -0.15) is 0 Å². The van der Waals surface area contributed by atoms with E-state index in [1.807, 2.05) is 24.3 Å². The van der Waals surface area contributed by atoms with E-state index in [4.69, 9.17) is 4.74 Å². The fourth-order valence-corrected chi connectivity index (χ4v) is 5.30. The lowest BCUT2D eigenvalue weighted by molar-refractivity contribution is 0.223. The summed E-state index contributed by atoms with van der Waals surface area (Å²) in [5.41, 5.74) is 0.885. The molecule has 138 valence electrons. The van der Waals surface area contributed by atoms with Crippen molar-refractivity contribution in [3.63, 3.8) is 0 Å². The minimum atomic E-state index is -3.48. The van der Waals surface area contributed by atoms with Gasteiger partial charge in [0.2, 0.25) is 10.0 Å². The monoisotopic (exact) mass is 446 g/mol. The van der Waals surface area contributed by atoms with Crippen LogP contribution in [0.2, 0.25) is 0 Å². The number of thiophene rings is 1. The maximum Gasteiger partial charge on any atom is 0.250 e. The van der Waals surface area contributed by atoms with Crippen molar-refractivity contribution in [2.24, 2.45) is 0 Å². The van der Waals surface area contributed by atoms with E-state index in [2.05, 4.69) is 39.4 Å². The van der Waals surface area contributed by atoms with Gasteiger partial charge in [0.1, 0.15) is 16.6 Å². The fraction of sp³-hybridized carbons (Fsp3) is 0.412. The summed E-state index contributed by atoms with van der Waals surface area (Å²) in [4.78, 5) is 2.30. The molecule has 0 saturated carbocycles. The van der Waals surface area contributed by atoms with Crippen LogP contribution in [0.25, 0.3) is 0 Å². The Hall–Kier alpha value is -0.930. The molecule has 0 amide bonds. The molecule has 0 spiro atoms. The van der Waals surface area contributed by atoms with Gasteiger partial charge < -0.3 is 9.64 Å². The van der Waals surface area contributed by atoms with Crippen LogP contribution in [0.1, 0.15) is 19.4 Å². The maximum atomic E-state index is 12.2.